The molecule has 0 saturated carbocycles. The molecule has 0 amide bonds. The molecule has 0 aliphatic heterocycles. The molecule has 1 aromatic heterocycles. The molecule has 1 heterocycles. The highest BCUT2D eigenvalue weighted by Crippen LogP contribution is 2.12. The maximum Gasteiger partial charge on any atom is 0.0570 e. The monoisotopic (exact) mass is 234 g/mol. The van der Waals surface area contributed by atoms with Crippen molar-refractivity contribution in [2.24, 2.45) is 0 Å². The molecule has 1 rings (SSSR count). The van der Waals surface area contributed by atoms with E-state index in [4.69, 9.17) is 0 Å². The molecule has 0 aliphatic carbocycles. The minimum Gasteiger partial charge on any atom is -0.306 e. The second-order valence-corrected chi connectivity index (χ2v) is 4.89. The van der Waals surface area contributed by atoms with E-state index in [1.165, 1.54) is 32.1 Å². The van der Waals surface area contributed by atoms with Gasteiger partial charge in [-0.25, -0.2) is 0 Å². The minimum atomic E-state index is 0.345. The topological polar surface area (TPSA) is 24.9 Å². The summed E-state index contributed by atoms with van der Waals surface area (Å²) in [6.45, 7) is 6.71. The number of unbranched alkanes of at least 4 members (excludes halogenated alkanes) is 3. The maximum atomic E-state index is 4.38. The Balaban J connectivity index is 2.24. The maximum absolute atomic E-state index is 4.38. The first kappa shape index (κ1) is 14.2. The average molecular weight is 234 g/mol. The molecule has 0 spiro atoms. The van der Waals surface area contributed by atoms with Crippen LogP contribution in [0.5, 0.6) is 0 Å². The Kier molecular flexibility index (Phi) is 6.87. The number of rotatable bonds is 8. The number of aromatic nitrogens is 1. The van der Waals surface area contributed by atoms with Gasteiger partial charge in [-0.3, -0.25) is 4.98 Å². The van der Waals surface area contributed by atoms with E-state index in [-0.39, 0.29) is 0 Å². The van der Waals surface area contributed by atoms with Crippen LogP contribution in [0.3, 0.4) is 0 Å². The van der Waals surface area contributed by atoms with Gasteiger partial charge < -0.3 is 5.32 Å². The first-order valence-corrected chi connectivity index (χ1v) is 6.91. The molecule has 0 fully saturated rings. The van der Waals surface area contributed by atoms with Gasteiger partial charge in [0.2, 0.25) is 0 Å². The molecule has 17 heavy (non-hydrogen) atoms. The van der Waals surface area contributed by atoms with Crippen LogP contribution in [0.25, 0.3) is 0 Å². The molecule has 1 aromatic rings. The van der Waals surface area contributed by atoms with Crippen LogP contribution in [0, 0.1) is 0 Å². The number of hydrogen-bond donors (Lipinski definition) is 1. The van der Waals surface area contributed by atoms with E-state index < -0.39 is 0 Å². The van der Waals surface area contributed by atoms with Crippen molar-refractivity contribution in [1.82, 2.24) is 10.3 Å². The number of nitrogens with zero attached hydrogens (tertiary/aromatic N) is 1. The van der Waals surface area contributed by atoms with Gasteiger partial charge in [-0.15, -0.1) is 0 Å². The Bertz CT molecular complexity index is 284. The zero-order valence-electron chi connectivity index (χ0n) is 11.4. The Hall–Kier alpha value is -0.890. The largest absolute Gasteiger partial charge is 0.306 e. The smallest absolute Gasteiger partial charge is 0.0570 e. The number of nitrogens with one attached hydrogen (secondary N) is 1. The van der Waals surface area contributed by atoms with E-state index in [1.807, 2.05) is 18.3 Å². The fourth-order valence-corrected chi connectivity index (χ4v) is 2.10. The summed E-state index contributed by atoms with van der Waals surface area (Å²) >= 11 is 0. The third-order valence-electron chi connectivity index (χ3n) is 3.16. The van der Waals surface area contributed by atoms with Crippen LogP contribution in [0.1, 0.15) is 64.6 Å². The van der Waals surface area contributed by atoms with Crippen LogP contribution >= 0.6 is 0 Å². The van der Waals surface area contributed by atoms with Gasteiger partial charge in [-0.05, 0) is 32.4 Å². The molecule has 0 saturated heterocycles. The van der Waals surface area contributed by atoms with Crippen molar-refractivity contribution < 1.29 is 0 Å². The van der Waals surface area contributed by atoms with Gasteiger partial charge in [0.25, 0.3) is 0 Å². The van der Waals surface area contributed by atoms with E-state index in [1.54, 1.807) is 0 Å². The third kappa shape index (κ3) is 5.83. The SMILES string of the molecule is CCCCCCC(C)N[C@H](C)c1ccccn1. The van der Waals surface area contributed by atoms with E-state index in [0.717, 1.165) is 5.69 Å². The standard InChI is InChI=1S/C15H26N2/c1-4-5-6-7-10-13(2)17-14(3)15-11-8-9-12-16-15/h8-9,11-14,17H,4-7,10H2,1-3H3/t13?,14-/m1/s1. The van der Waals surface area contributed by atoms with Gasteiger partial charge in [0.05, 0.1) is 5.69 Å². The van der Waals surface area contributed by atoms with Crippen LogP contribution in [0.4, 0.5) is 0 Å². The van der Waals surface area contributed by atoms with E-state index in [9.17, 15) is 0 Å². The van der Waals surface area contributed by atoms with Crippen molar-refractivity contribution in [3.8, 4) is 0 Å². The van der Waals surface area contributed by atoms with Crippen LogP contribution in [0.15, 0.2) is 24.4 Å². The summed E-state index contributed by atoms with van der Waals surface area (Å²) in [6.07, 6.45) is 8.49. The zero-order chi connectivity index (χ0) is 12.5. The fourth-order valence-electron chi connectivity index (χ4n) is 2.10. The normalized spacial score (nSPS) is 14.5. The molecule has 0 radical (unpaired) electrons. The summed E-state index contributed by atoms with van der Waals surface area (Å²) < 4.78 is 0. The highest BCUT2D eigenvalue weighted by Gasteiger charge is 2.09. The molecule has 0 aliphatic rings. The fraction of sp³-hybridized carbons (Fsp3) is 0.667. The molecule has 1 unspecified atom stereocenters. The summed E-state index contributed by atoms with van der Waals surface area (Å²) in [6, 6.07) is 7.01. The molecule has 0 bridgehead atoms. The van der Waals surface area contributed by atoms with Crippen LogP contribution in [0.2, 0.25) is 0 Å². The van der Waals surface area contributed by atoms with Crippen LogP contribution in [-0.2, 0) is 0 Å². The minimum absolute atomic E-state index is 0.345. The molecule has 2 atom stereocenters. The summed E-state index contributed by atoms with van der Waals surface area (Å²) in [5, 5.41) is 3.61. The van der Waals surface area contributed by atoms with Crippen molar-refractivity contribution in [2.45, 2.75) is 65.0 Å². The first-order valence-electron chi connectivity index (χ1n) is 6.91. The summed E-state index contributed by atoms with van der Waals surface area (Å²) in [5.74, 6) is 0. The van der Waals surface area contributed by atoms with Crippen molar-refractivity contribution >= 4 is 0 Å². The lowest BCUT2D eigenvalue weighted by atomic mass is 10.1. The highest BCUT2D eigenvalue weighted by molar-refractivity contribution is 5.07. The van der Waals surface area contributed by atoms with Crippen molar-refractivity contribution in [3.05, 3.63) is 30.1 Å². The van der Waals surface area contributed by atoms with Crippen molar-refractivity contribution in [2.75, 3.05) is 0 Å². The van der Waals surface area contributed by atoms with Crippen molar-refractivity contribution in [1.29, 1.82) is 0 Å². The molecule has 2 nitrogen and oxygen atoms in total. The second kappa shape index (κ2) is 8.24. The van der Waals surface area contributed by atoms with Gasteiger partial charge in [0.1, 0.15) is 0 Å². The summed E-state index contributed by atoms with van der Waals surface area (Å²) in [4.78, 5) is 4.38. The molecule has 2 heteroatoms. The summed E-state index contributed by atoms with van der Waals surface area (Å²) in [7, 11) is 0. The first-order chi connectivity index (χ1) is 8.24. The lowest BCUT2D eigenvalue weighted by Crippen LogP contribution is -2.29. The molecule has 1 N–H and O–H groups in total. The molecular formula is C15H26N2. The van der Waals surface area contributed by atoms with Gasteiger partial charge in [0.15, 0.2) is 0 Å². The Labute approximate surface area is 106 Å². The quantitative estimate of drug-likeness (QED) is 0.685. The lowest BCUT2D eigenvalue weighted by Gasteiger charge is -2.19. The number of pyridine rings is 1. The molecular weight excluding hydrogens is 208 g/mol. The zero-order valence-corrected chi connectivity index (χ0v) is 11.4. The van der Waals surface area contributed by atoms with Crippen LogP contribution in [-0.4, -0.2) is 11.0 Å². The Morgan fingerprint density at radius 1 is 1.18 bits per heavy atom. The molecule has 96 valence electrons. The Morgan fingerprint density at radius 3 is 2.65 bits per heavy atom. The van der Waals surface area contributed by atoms with Gasteiger partial charge in [-0.2, -0.15) is 0 Å². The lowest BCUT2D eigenvalue weighted by molar-refractivity contribution is 0.433. The second-order valence-electron chi connectivity index (χ2n) is 4.89. The van der Waals surface area contributed by atoms with E-state index in [0.29, 0.717) is 12.1 Å². The average Bonchev–Trinajstić information content (AvgIpc) is 2.36. The third-order valence-corrected chi connectivity index (χ3v) is 3.16. The number of hydrogen-bond acceptors (Lipinski definition) is 2. The van der Waals surface area contributed by atoms with Gasteiger partial charge in [0, 0.05) is 18.3 Å². The van der Waals surface area contributed by atoms with E-state index >= 15 is 0 Å². The molecule has 0 aromatic carbocycles. The summed E-state index contributed by atoms with van der Waals surface area (Å²) in [5.41, 5.74) is 1.13. The predicted octanol–water partition coefficient (Wildman–Crippen LogP) is 4.09. The van der Waals surface area contributed by atoms with Crippen LogP contribution < -0.4 is 5.32 Å². The highest BCUT2D eigenvalue weighted by atomic mass is 15.0. The Morgan fingerprint density at radius 2 is 2.00 bits per heavy atom. The van der Waals surface area contributed by atoms with Crippen molar-refractivity contribution in [3.63, 3.8) is 0 Å². The van der Waals surface area contributed by atoms with E-state index in [2.05, 4.69) is 37.1 Å². The van der Waals surface area contributed by atoms with Gasteiger partial charge >= 0.3 is 0 Å². The van der Waals surface area contributed by atoms with Gasteiger partial charge in [-0.1, -0.05) is 38.7 Å². The predicted molar refractivity (Wildman–Crippen MR) is 74.0 cm³/mol.